The van der Waals surface area contributed by atoms with Gasteiger partial charge < -0.3 is 20.5 Å². The zero-order valence-corrected chi connectivity index (χ0v) is 18.1. The van der Waals surface area contributed by atoms with Crippen molar-refractivity contribution in [3.05, 3.63) is 101 Å². The molecule has 1 heterocycles. The van der Waals surface area contributed by atoms with E-state index in [4.69, 9.17) is 4.74 Å². The fraction of sp³-hybridized carbons (Fsp3) is 0.192. The molecule has 1 aliphatic rings. The Hall–Kier alpha value is -4.13. The molecule has 0 saturated carbocycles. The fourth-order valence-electron chi connectivity index (χ4n) is 3.26. The van der Waals surface area contributed by atoms with Crippen LogP contribution in [0.5, 0.6) is 0 Å². The number of aliphatic hydroxyl groups is 1. The first-order valence-corrected chi connectivity index (χ1v) is 10.7. The summed E-state index contributed by atoms with van der Waals surface area (Å²) in [6.45, 7) is 0.466. The van der Waals surface area contributed by atoms with Crippen molar-refractivity contribution in [3.63, 3.8) is 0 Å². The molecule has 0 radical (unpaired) electrons. The van der Waals surface area contributed by atoms with Crippen molar-refractivity contribution >= 4 is 23.9 Å². The van der Waals surface area contributed by atoms with Gasteiger partial charge in [0, 0.05) is 6.54 Å². The molecule has 0 spiro atoms. The molecule has 0 unspecified atom stereocenters. The average Bonchev–Trinajstić information content (AvgIpc) is 3.12. The highest BCUT2D eigenvalue weighted by Crippen LogP contribution is 2.18. The number of ether oxygens (including phenoxy) is 1. The minimum absolute atomic E-state index is 0.172. The van der Waals surface area contributed by atoms with Gasteiger partial charge in [0.2, 0.25) is 0 Å². The zero-order valence-electron chi connectivity index (χ0n) is 18.1. The Kier molecular flexibility index (Phi) is 8.59. The molecule has 2 aromatic rings. The first-order valence-electron chi connectivity index (χ1n) is 10.7. The van der Waals surface area contributed by atoms with Gasteiger partial charge in [-0.3, -0.25) is 9.59 Å². The smallest absolute Gasteiger partial charge is 0.407 e. The Bertz CT molecular complexity index is 1060. The van der Waals surface area contributed by atoms with Crippen LogP contribution in [0, 0.1) is 0 Å². The highest BCUT2D eigenvalue weighted by Gasteiger charge is 2.37. The topological polar surface area (TPSA) is 105 Å². The summed E-state index contributed by atoms with van der Waals surface area (Å²) in [7, 11) is 0. The van der Waals surface area contributed by atoms with E-state index in [1.807, 2.05) is 66.7 Å². The number of benzene rings is 2. The van der Waals surface area contributed by atoms with Gasteiger partial charge in [0.05, 0.1) is 6.04 Å². The lowest BCUT2D eigenvalue weighted by molar-refractivity contribution is -0.117. The molecule has 0 aromatic heterocycles. The third-order valence-corrected chi connectivity index (χ3v) is 4.96. The molecular weight excluding hydrogens is 420 g/mol. The second-order valence-corrected chi connectivity index (χ2v) is 7.41. The molecule has 1 fully saturated rings. The van der Waals surface area contributed by atoms with Crippen LogP contribution < -0.4 is 10.6 Å². The van der Waals surface area contributed by atoms with Crippen LogP contribution in [0.25, 0.3) is 6.08 Å². The summed E-state index contributed by atoms with van der Waals surface area (Å²) in [6.07, 6.45) is 6.67. The van der Waals surface area contributed by atoms with Gasteiger partial charge in [-0.1, -0.05) is 78.9 Å². The van der Waals surface area contributed by atoms with Crippen molar-refractivity contribution in [2.45, 2.75) is 25.5 Å². The van der Waals surface area contributed by atoms with E-state index in [1.54, 1.807) is 12.2 Å². The monoisotopic (exact) mass is 446 g/mol. The van der Waals surface area contributed by atoms with Crippen molar-refractivity contribution < 1.29 is 24.2 Å². The number of alkyl carbamates (subject to hydrolysis) is 1. The van der Waals surface area contributed by atoms with Crippen LogP contribution in [-0.2, 0) is 20.9 Å². The maximum Gasteiger partial charge on any atom is 0.407 e. The van der Waals surface area contributed by atoms with E-state index < -0.39 is 23.8 Å². The minimum Gasteiger partial charge on any atom is -0.507 e. The fourth-order valence-corrected chi connectivity index (χ4v) is 3.26. The van der Waals surface area contributed by atoms with E-state index in [1.165, 1.54) is 6.08 Å². The quantitative estimate of drug-likeness (QED) is 0.178. The van der Waals surface area contributed by atoms with Gasteiger partial charge in [0.25, 0.3) is 5.91 Å². The molecule has 0 bridgehead atoms. The number of ketones is 1. The second-order valence-electron chi connectivity index (χ2n) is 7.41. The van der Waals surface area contributed by atoms with Crippen molar-refractivity contribution in [3.8, 4) is 0 Å². The first-order chi connectivity index (χ1) is 16.0. The number of carbonyl (C=O) groups is 3. The lowest BCUT2D eigenvalue weighted by Crippen LogP contribution is -2.31. The molecule has 0 aliphatic carbocycles. The number of allylic oxidation sites excluding steroid dienone is 3. The molecule has 7 nitrogen and oxygen atoms in total. The van der Waals surface area contributed by atoms with Crippen LogP contribution in [-0.4, -0.2) is 35.5 Å². The molecule has 33 heavy (non-hydrogen) atoms. The van der Waals surface area contributed by atoms with E-state index in [0.717, 1.165) is 11.1 Å². The number of Topliss-reactive ketones (excluding diaryl/α,β-unsaturated/α-hetero) is 1. The van der Waals surface area contributed by atoms with Crippen molar-refractivity contribution in [1.29, 1.82) is 0 Å². The van der Waals surface area contributed by atoms with Crippen LogP contribution in [0.1, 0.15) is 24.0 Å². The molecule has 2 aromatic carbocycles. The number of hydrogen-bond acceptors (Lipinski definition) is 5. The molecule has 3 rings (SSSR count). The van der Waals surface area contributed by atoms with E-state index >= 15 is 0 Å². The van der Waals surface area contributed by atoms with Gasteiger partial charge in [-0.25, -0.2) is 4.79 Å². The van der Waals surface area contributed by atoms with Gasteiger partial charge in [0.15, 0.2) is 5.78 Å². The van der Waals surface area contributed by atoms with Crippen LogP contribution in [0.4, 0.5) is 4.79 Å². The summed E-state index contributed by atoms with van der Waals surface area (Å²) in [5.74, 6) is -1.43. The minimum atomic E-state index is -0.731. The highest BCUT2D eigenvalue weighted by atomic mass is 16.5. The number of amides is 2. The molecule has 1 aliphatic heterocycles. The Morgan fingerprint density at radius 2 is 1.73 bits per heavy atom. The maximum atomic E-state index is 12.5. The van der Waals surface area contributed by atoms with E-state index in [2.05, 4.69) is 10.6 Å². The number of rotatable bonds is 9. The summed E-state index contributed by atoms with van der Waals surface area (Å²) >= 11 is 0. The van der Waals surface area contributed by atoms with Gasteiger partial charge >= 0.3 is 6.09 Å². The van der Waals surface area contributed by atoms with Crippen LogP contribution in [0.15, 0.2) is 90.2 Å². The summed E-state index contributed by atoms with van der Waals surface area (Å²) < 4.78 is 5.12. The van der Waals surface area contributed by atoms with Crippen LogP contribution in [0.3, 0.4) is 0 Å². The van der Waals surface area contributed by atoms with Gasteiger partial charge in [-0.15, -0.1) is 0 Å². The number of aliphatic hydroxyl groups excluding tert-OH is 1. The summed E-state index contributed by atoms with van der Waals surface area (Å²) in [6, 6.07) is 18.2. The zero-order chi connectivity index (χ0) is 23.5. The summed E-state index contributed by atoms with van der Waals surface area (Å²) in [5, 5.41) is 15.4. The summed E-state index contributed by atoms with van der Waals surface area (Å²) in [4.78, 5) is 36.5. The normalized spacial score (nSPS) is 17.4. The van der Waals surface area contributed by atoms with Crippen molar-refractivity contribution in [2.75, 3.05) is 6.54 Å². The average molecular weight is 447 g/mol. The largest absolute Gasteiger partial charge is 0.507 e. The summed E-state index contributed by atoms with van der Waals surface area (Å²) in [5.41, 5.74) is 1.62. The predicted molar refractivity (Wildman–Crippen MR) is 125 cm³/mol. The second kappa shape index (κ2) is 12.0. The Morgan fingerprint density at radius 3 is 2.45 bits per heavy atom. The van der Waals surface area contributed by atoms with E-state index in [0.29, 0.717) is 19.4 Å². The standard InChI is InChI=1S/C26H26N2O5/c29-22(16-8-7-12-19-10-3-1-4-11-19)23-24(30)21(28-25(23)31)15-9-17-27-26(32)33-18-20-13-5-2-6-14-20/h1-8,10-14,16,21,29H,9,15,17-18H2,(H,27,32)(H,28,31)/b12-7-,16-8+,23-22-/t21-/m1/s1. The predicted octanol–water partition coefficient (Wildman–Crippen LogP) is 3.84. The molecule has 7 heteroatoms. The molecule has 1 saturated heterocycles. The SMILES string of the molecule is O=C(NCCC[C@H]1NC(=O)/C(=C(O)/C=C/C=C\c2ccccc2)C1=O)OCc1ccccc1. The Morgan fingerprint density at radius 1 is 1.03 bits per heavy atom. The molecule has 3 N–H and O–H groups in total. The lowest BCUT2D eigenvalue weighted by atomic mass is 10.0. The van der Waals surface area contributed by atoms with Gasteiger partial charge in [-0.2, -0.15) is 0 Å². The van der Waals surface area contributed by atoms with Gasteiger partial charge in [0.1, 0.15) is 17.9 Å². The molecule has 2 amide bonds. The maximum absolute atomic E-state index is 12.5. The van der Waals surface area contributed by atoms with E-state index in [-0.39, 0.29) is 17.9 Å². The number of carbonyl (C=O) groups excluding carboxylic acids is 3. The molecule has 170 valence electrons. The number of nitrogens with one attached hydrogen (secondary N) is 2. The number of hydrogen-bond donors (Lipinski definition) is 3. The van der Waals surface area contributed by atoms with E-state index in [9.17, 15) is 19.5 Å². The Labute approximate surface area is 192 Å². The molecular formula is C26H26N2O5. The lowest BCUT2D eigenvalue weighted by Gasteiger charge is -2.09. The van der Waals surface area contributed by atoms with Crippen molar-refractivity contribution in [2.24, 2.45) is 0 Å². The van der Waals surface area contributed by atoms with Crippen LogP contribution in [0.2, 0.25) is 0 Å². The highest BCUT2D eigenvalue weighted by molar-refractivity contribution is 6.27. The third-order valence-electron chi connectivity index (χ3n) is 4.96. The van der Waals surface area contributed by atoms with Crippen molar-refractivity contribution in [1.82, 2.24) is 10.6 Å². The van der Waals surface area contributed by atoms with Gasteiger partial charge in [-0.05, 0) is 30.0 Å². The first kappa shape index (κ1) is 23.5. The third kappa shape index (κ3) is 7.21. The Balaban J connectivity index is 1.42. The van der Waals surface area contributed by atoms with Crippen LogP contribution >= 0.6 is 0 Å². The molecule has 1 atom stereocenters.